The first-order valence-corrected chi connectivity index (χ1v) is 6.69. The van der Waals surface area contributed by atoms with Gasteiger partial charge in [0.05, 0.1) is 0 Å². The van der Waals surface area contributed by atoms with Crippen LogP contribution in [0.15, 0.2) is 15.3 Å². The number of benzene rings is 1. The number of fused-ring (bicyclic) bond motifs is 1. The lowest BCUT2D eigenvalue weighted by Crippen LogP contribution is -2.30. The largest absolute Gasteiger partial charge is 0.453 e. The molecule has 19 heavy (non-hydrogen) atoms. The molecule has 0 amide bonds. The Hall–Kier alpha value is -1.90. The van der Waals surface area contributed by atoms with Crippen LogP contribution in [-0.2, 0) is 0 Å². The van der Waals surface area contributed by atoms with E-state index in [1.54, 1.807) is 13.0 Å². The van der Waals surface area contributed by atoms with Crippen LogP contribution in [0.4, 0.5) is 0 Å². The van der Waals surface area contributed by atoms with Crippen LogP contribution in [-0.4, -0.2) is 4.98 Å². The highest BCUT2D eigenvalue weighted by molar-refractivity contribution is 5.62. The molecule has 0 bridgehead atoms. The molecule has 0 atom stereocenters. The summed E-state index contributed by atoms with van der Waals surface area (Å²) in [4.78, 5) is 16.5. The molecule has 1 aliphatic carbocycles. The summed E-state index contributed by atoms with van der Waals surface area (Å²) in [5, 5.41) is 0.859. The van der Waals surface area contributed by atoms with Crippen molar-refractivity contribution in [1.29, 1.82) is 0 Å². The van der Waals surface area contributed by atoms with Gasteiger partial charge in [-0.25, -0.2) is 4.98 Å². The maximum absolute atomic E-state index is 11.8. The minimum absolute atomic E-state index is 0.00483. The van der Waals surface area contributed by atoms with Crippen molar-refractivity contribution in [3.05, 3.63) is 38.2 Å². The van der Waals surface area contributed by atoms with E-state index in [0.717, 1.165) is 34.9 Å². The Balaban J connectivity index is 2.99. The van der Waals surface area contributed by atoms with Gasteiger partial charge in [-0.2, -0.15) is 0 Å². The first-order chi connectivity index (χ1) is 9.08. The quantitative estimate of drug-likeness (QED) is 0.828. The summed E-state index contributed by atoms with van der Waals surface area (Å²) in [5.41, 5.74) is 3.03. The SMILES string of the molecule is CC/C=c1/nc2c(C)cc(=O)c(C)c-2o/c1=C/CC. The van der Waals surface area contributed by atoms with Crippen LogP contribution in [0.25, 0.3) is 23.6 Å². The van der Waals surface area contributed by atoms with Gasteiger partial charge in [-0.1, -0.05) is 19.9 Å². The smallest absolute Gasteiger partial charge is 0.185 e. The van der Waals surface area contributed by atoms with Crippen molar-refractivity contribution in [1.82, 2.24) is 4.98 Å². The summed E-state index contributed by atoms with van der Waals surface area (Å²) < 4.78 is 5.93. The van der Waals surface area contributed by atoms with E-state index in [2.05, 4.69) is 18.8 Å². The fourth-order valence-corrected chi connectivity index (χ4v) is 2.11. The highest BCUT2D eigenvalue weighted by atomic mass is 16.3. The number of rotatable bonds is 2. The Morgan fingerprint density at radius 3 is 2.53 bits per heavy atom. The average Bonchev–Trinajstić information content (AvgIpc) is 2.38. The van der Waals surface area contributed by atoms with Crippen LogP contribution in [0.5, 0.6) is 0 Å². The first-order valence-electron chi connectivity index (χ1n) is 6.69. The molecule has 100 valence electrons. The molecular formula is C16H19NO2. The van der Waals surface area contributed by atoms with Gasteiger partial charge in [0.15, 0.2) is 11.2 Å². The van der Waals surface area contributed by atoms with Crippen LogP contribution < -0.4 is 16.2 Å². The molecule has 0 aromatic heterocycles. The Labute approximate surface area is 112 Å². The second-order valence-electron chi connectivity index (χ2n) is 4.68. The van der Waals surface area contributed by atoms with Crippen molar-refractivity contribution in [2.75, 3.05) is 0 Å². The number of aromatic nitrogens is 1. The lowest BCUT2D eigenvalue weighted by molar-refractivity contribution is 0.508. The third kappa shape index (κ3) is 2.46. The van der Waals surface area contributed by atoms with E-state index < -0.39 is 0 Å². The summed E-state index contributed by atoms with van der Waals surface area (Å²) >= 11 is 0. The third-order valence-electron chi connectivity index (χ3n) is 3.13. The zero-order chi connectivity index (χ0) is 14.0. The van der Waals surface area contributed by atoms with Gasteiger partial charge in [0.25, 0.3) is 0 Å². The van der Waals surface area contributed by atoms with Crippen LogP contribution in [0.3, 0.4) is 0 Å². The Morgan fingerprint density at radius 1 is 1.21 bits per heavy atom. The van der Waals surface area contributed by atoms with E-state index in [1.807, 2.05) is 19.1 Å². The molecule has 2 aliphatic rings. The van der Waals surface area contributed by atoms with E-state index in [9.17, 15) is 4.79 Å². The minimum atomic E-state index is 0.00483. The molecule has 2 rings (SSSR count). The number of hydrogen-bond acceptors (Lipinski definition) is 3. The lowest BCUT2D eigenvalue weighted by Gasteiger charge is -2.09. The predicted octanol–water partition coefficient (Wildman–Crippen LogP) is 2.14. The third-order valence-corrected chi connectivity index (χ3v) is 3.13. The molecule has 0 N–H and O–H groups in total. The van der Waals surface area contributed by atoms with Crippen LogP contribution >= 0.6 is 0 Å². The predicted molar refractivity (Wildman–Crippen MR) is 77.6 cm³/mol. The molecule has 1 aliphatic heterocycles. The highest BCUT2D eigenvalue weighted by Crippen LogP contribution is 2.21. The molecular weight excluding hydrogens is 238 g/mol. The van der Waals surface area contributed by atoms with E-state index in [4.69, 9.17) is 4.42 Å². The second kappa shape index (κ2) is 5.39. The zero-order valence-corrected chi connectivity index (χ0v) is 11.9. The Morgan fingerprint density at radius 2 is 1.89 bits per heavy atom. The van der Waals surface area contributed by atoms with Gasteiger partial charge in [-0.3, -0.25) is 4.79 Å². The molecule has 0 aromatic carbocycles. The summed E-state index contributed by atoms with van der Waals surface area (Å²) in [6.07, 6.45) is 5.82. The topological polar surface area (TPSA) is 43.1 Å². The average molecular weight is 257 g/mol. The number of hydrogen-bond donors (Lipinski definition) is 0. The summed E-state index contributed by atoms with van der Waals surface area (Å²) in [6, 6.07) is 1.62. The van der Waals surface area contributed by atoms with Gasteiger partial charge >= 0.3 is 0 Å². The van der Waals surface area contributed by atoms with E-state index in [1.165, 1.54) is 0 Å². The molecule has 1 heterocycles. The standard InChI is InChI=1S/C16H19NO2/c1-5-7-12-14(8-6-2)19-16-11(4)13(18)9-10(3)15(16)17-12/h7-9H,5-6H2,1-4H3/b12-7+,14-8+. The molecule has 0 saturated heterocycles. The van der Waals surface area contributed by atoms with E-state index in [-0.39, 0.29) is 5.43 Å². The van der Waals surface area contributed by atoms with Crippen molar-refractivity contribution >= 4 is 12.2 Å². The second-order valence-corrected chi connectivity index (χ2v) is 4.68. The zero-order valence-electron chi connectivity index (χ0n) is 11.9. The fraction of sp³-hybridized carbons (Fsp3) is 0.375. The van der Waals surface area contributed by atoms with Gasteiger partial charge in [0.2, 0.25) is 0 Å². The highest BCUT2D eigenvalue weighted by Gasteiger charge is 2.15. The molecule has 0 saturated carbocycles. The number of nitrogens with zero attached hydrogens (tertiary/aromatic N) is 1. The molecule has 0 radical (unpaired) electrons. The van der Waals surface area contributed by atoms with Crippen LogP contribution in [0.2, 0.25) is 0 Å². The van der Waals surface area contributed by atoms with Crippen molar-refractivity contribution in [3.63, 3.8) is 0 Å². The van der Waals surface area contributed by atoms with Gasteiger partial charge in [-0.15, -0.1) is 0 Å². The monoisotopic (exact) mass is 257 g/mol. The van der Waals surface area contributed by atoms with Crippen molar-refractivity contribution < 1.29 is 4.42 Å². The summed E-state index contributed by atoms with van der Waals surface area (Å²) in [6.45, 7) is 7.80. The first kappa shape index (κ1) is 13.5. The van der Waals surface area contributed by atoms with Crippen molar-refractivity contribution in [2.45, 2.75) is 40.5 Å². The normalized spacial score (nSPS) is 13.5. The van der Waals surface area contributed by atoms with E-state index in [0.29, 0.717) is 11.3 Å². The van der Waals surface area contributed by atoms with Crippen molar-refractivity contribution in [2.24, 2.45) is 0 Å². The summed E-state index contributed by atoms with van der Waals surface area (Å²) in [5.74, 6) is 0.609. The molecule has 0 aromatic rings. The lowest BCUT2D eigenvalue weighted by atomic mass is 10.1. The Kier molecular flexibility index (Phi) is 3.84. The molecule has 3 heteroatoms. The van der Waals surface area contributed by atoms with Crippen LogP contribution in [0, 0.1) is 13.8 Å². The maximum atomic E-state index is 11.8. The van der Waals surface area contributed by atoms with Crippen molar-refractivity contribution in [3.8, 4) is 11.5 Å². The van der Waals surface area contributed by atoms with Gasteiger partial charge < -0.3 is 4.42 Å². The van der Waals surface area contributed by atoms with Gasteiger partial charge in [0, 0.05) is 5.56 Å². The minimum Gasteiger partial charge on any atom is -0.453 e. The van der Waals surface area contributed by atoms with Gasteiger partial charge in [0.1, 0.15) is 16.5 Å². The number of aryl methyl sites for hydroxylation is 1. The fourth-order valence-electron chi connectivity index (χ4n) is 2.11. The van der Waals surface area contributed by atoms with Crippen LogP contribution in [0.1, 0.15) is 37.8 Å². The molecule has 3 nitrogen and oxygen atoms in total. The summed E-state index contributed by atoms with van der Waals surface area (Å²) in [7, 11) is 0. The maximum Gasteiger partial charge on any atom is 0.185 e. The van der Waals surface area contributed by atoms with E-state index >= 15 is 0 Å². The molecule has 0 fully saturated rings. The molecule has 0 spiro atoms. The Bertz CT molecular complexity index is 741. The van der Waals surface area contributed by atoms with Gasteiger partial charge in [-0.05, 0) is 44.4 Å². The molecule has 0 unspecified atom stereocenters.